The van der Waals surface area contributed by atoms with E-state index in [4.69, 9.17) is 0 Å². The SMILES string of the molecule is O=C(Cc1c(F)cccc1F)N1CCC(n2cnc3cc(C(F)(F)F)ccc32)CC1. The Morgan fingerprint density at radius 1 is 1.07 bits per heavy atom. The number of hydrogen-bond acceptors (Lipinski definition) is 2. The zero-order valence-electron chi connectivity index (χ0n) is 15.8. The molecule has 1 fully saturated rings. The molecule has 1 saturated heterocycles. The minimum atomic E-state index is -4.43. The van der Waals surface area contributed by atoms with Crippen molar-refractivity contribution in [3.05, 3.63) is 65.5 Å². The zero-order valence-corrected chi connectivity index (χ0v) is 15.8. The molecule has 0 aliphatic carbocycles. The predicted molar refractivity (Wildman–Crippen MR) is 99.6 cm³/mol. The van der Waals surface area contributed by atoms with E-state index >= 15 is 0 Å². The maximum absolute atomic E-state index is 13.8. The topological polar surface area (TPSA) is 38.1 Å². The van der Waals surface area contributed by atoms with Gasteiger partial charge in [-0.15, -0.1) is 0 Å². The number of amides is 1. The molecule has 1 aliphatic rings. The van der Waals surface area contributed by atoms with Crippen molar-refractivity contribution in [2.75, 3.05) is 13.1 Å². The number of benzene rings is 2. The summed E-state index contributed by atoms with van der Waals surface area (Å²) in [5.41, 5.74) is -0.133. The van der Waals surface area contributed by atoms with Crippen molar-refractivity contribution in [3.8, 4) is 0 Å². The number of aromatic nitrogens is 2. The van der Waals surface area contributed by atoms with Gasteiger partial charge < -0.3 is 9.47 Å². The molecule has 0 bridgehead atoms. The standard InChI is InChI=1S/C21H18F5N3O/c22-16-2-1-3-17(23)15(16)11-20(30)28-8-6-14(7-9-28)29-12-27-18-10-13(21(24,25)26)4-5-19(18)29/h1-5,10,12,14H,6-9,11H2. The Morgan fingerprint density at radius 2 is 1.73 bits per heavy atom. The minimum Gasteiger partial charge on any atom is -0.342 e. The first-order chi connectivity index (χ1) is 14.2. The van der Waals surface area contributed by atoms with E-state index in [0.29, 0.717) is 31.4 Å². The van der Waals surface area contributed by atoms with Crippen LogP contribution in [0.4, 0.5) is 22.0 Å². The lowest BCUT2D eigenvalue weighted by Crippen LogP contribution is -2.40. The average Bonchev–Trinajstić information content (AvgIpc) is 3.13. The highest BCUT2D eigenvalue weighted by atomic mass is 19.4. The molecule has 158 valence electrons. The lowest BCUT2D eigenvalue weighted by atomic mass is 10.0. The van der Waals surface area contributed by atoms with Gasteiger partial charge in [-0.25, -0.2) is 13.8 Å². The molecule has 0 spiro atoms. The minimum absolute atomic E-state index is 0.0269. The summed E-state index contributed by atoms with van der Waals surface area (Å²) in [6.07, 6.45) is -2.13. The summed E-state index contributed by atoms with van der Waals surface area (Å²) in [7, 11) is 0. The Hall–Kier alpha value is -2.97. The number of carbonyl (C=O) groups excluding carboxylic acids is 1. The van der Waals surface area contributed by atoms with Crippen LogP contribution in [0.3, 0.4) is 0 Å². The van der Waals surface area contributed by atoms with Crippen LogP contribution in [0.2, 0.25) is 0 Å². The normalized spacial score (nSPS) is 15.7. The molecule has 2 heterocycles. The third kappa shape index (κ3) is 3.88. The van der Waals surface area contributed by atoms with Crippen LogP contribution in [0.25, 0.3) is 11.0 Å². The Labute approximate surface area is 168 Å². The summed E-state index contributed by atoms with van der Waals surface area (Å²) < 4.78 is 68.0. The van der Waals surface area contributed by atoms with Crippen LogP contribution in [0.1, 0.15) is 30.0 Å². The molecule has 1 aromatic heterocycles. The fourth-order valence-electron chi connectivity index (χ4n) is 3.86. The van der Waals surface area contributed by atoms with Crippen molar-refractivity contribution in [2.24, 2.45) is 0 Å². The number of hydrogen-bond donors (Lipinski definition) is 0. The van der Waals surface area contributed by atoms with E-state index in [0.717, 1.165) is 24.3 Å². The number of nitrogens with zero attached hydrogens (tertiary/aromatic N) is 3. The maximum Gasteiger partial charge on any atom is 0.416 e. The maximum atomic E-state index is 13.8. The number of alkyl halides is 3. The first-order valence-electron chi connectivity index (χ1n) is 9.48. The number of imidazole rings is 1. The van der Waals surface area contributed by atoms with Crippen LogP contribution in [-0.4, -0.2) is 33.4 Å². The Kier molecular flexibility index (Phi) is 5.21. The van der Waals surface area contributed by atoms with Gasteiger partial charge in [-0.2, -0.15) is 13.2 Å². The van der Waals surface area contributed by atoms with Crippen molar-refractivity contribution in [2.45, 2.75) is 31.5 Å². The molecule has 4 nitrogen and oxygen atoms in total. The van der Waals surface area contributed by atoms with E-state index in [2.05, 4.69) is 4.98 Å². The van der Waals surface area contributed by atoms with Crippen molar-refractivity contribution < 1.29 is 26.7 Å². The molecule has 9 heteroatoms. The van der Waals surface area contributed by atoms with E-state index < -0.39 is 23.4 Å². The van der Waals surface area contributed by atoms with Gasteiger partial charge >= 0.3 is 6.18 Å². The van der Waals surface area contributed by atoms with Crippen molar-refractivity contribution in [3.63, 3.8) is 0 Å². The van der Waals surface area contributed by atoms with Gasteiger partial charge in [-0.1, -0.05) is 6.07 Å². The smallest absolute Gasteiger partial charge is 0.342 e. The zero-order chi connectivity index (χ0) is 21.5. The van der Waals surface area contributed by atoms with Crippen LogP contribution in [0.15, 0.2) is 42.7 Å². The van der Waals surface area contributed by atoms with E-state index in [1.54, 1.807) is 4.90 Å². The third-order valence-electron chi connectivity index (χ3n) is 5.50. The summed E-state index contributed by atoms with van der Waals surface area (Å²) >= 11 is 0. The second kappa shape index (κ2) is 7.70. The molecule has 0 N–H and O–H groups in total. The lowest BCUT2D eigenvalue weighted by Gasteiger charge is -2.33. The van der Waals surface area contributed by atoms with E-state index in [1.165, 1.54) is 18.5 Å². The fourth-order valence-corrected chi connectivity index (χ4v) is 3.86. The Morgan fingerprint density at radius 3 is 2.37 bits per heavy atom. The molecule has 2 aromatic carbocycles. The number of likely N-dealkylation sites (tertiary alicyclic amines) is 1. The monoisotopic (exact) mass is 423 g/mol. The van der Waals surface area contributed by atoms with Gasteiger partial charge in [0.05, 0.1) is 29.3 Å². The van der Waals surface area contributed by atoms with Gasteiger partial charge in [0, 0.05) is 24.7 Å². The van der Waals surface area contributed by atoms with E-state index in [1.807, 2.05) is 4.57 Å². The number of rotatable bonds is 3. The molecular weight excluding hydrogens is 405 g/mol. The van der Waals surface area contributed by atoms with Gasteiger partial charge in [0.15, 0.2) is 0 Å². The first kappa shape index (κ1) is 20.3. The summed E-state index contributed by atoms with van der Waals surface area (Å²) in [5.74, 6) is -1.86. The summed E-state index contributed by atoms with van der Waals surface area (Å²) in [5, 5.41) is 0. The highest BCUT2D eigenvalue weighted by Gasteiger charge is 2.31. The molecule has 0 saturated carbocycles. The third-order valence-corrected chi connectivity index (χ3v) is 5.50. The first-order valence-corrected chi connectivity index (χ1v) is 9.48. The average molecular weight is 423 g/mol. The summed E-state index contributed by atoms with van der Waals surface area (Å²) in [4.78, 5) is 18.1. The molecule has 4 rings (SSSR count). The van der Waals surface area contributed by atoms with Crippen LogP contribution in [0.5, 0.6) is 0 Å². The van der Waals surface area contributed by atoms with Crippen LogP contribution >= 0.6 is 0 Å². The van der Waals surface area contributed by atoms with Gasteiger partial charge in [0.25, 0.3) is 0 Å². The Bertz CT molecular complexity index is 1060. The van der Waals surface area contributed by atoms with Crippen molar-refractivity contribution in [1.29, 1.82) is 0 Å². The molecule has 1 amide bonds. The summed E-state index contributed by atoms with van der Waals surface area (Å²) in [6.45, 7) is 0.778. The predicted octanol–water partition coefficient (Wildman–Crippen LogP) is 4.74. The van der Waals surface area contributed by atoms with Crippen molar-refractivity contribution in [1.82, 2.24) is 14.5 Å². The molecule has 1 aliphatic heterocycles. The van der Waals surface area contributed by atoms with Crippen LogP contribution in [0, 0.1) is 11.6 Å². The Balaban J connectivity index is 1.44. The molecule has 3 aromatic rings. The van der Waals surface area contributed by atoms with Gasteiger partial charge in [-0.3, -0.25) is 4.79 Å². The van der Waals surface area contributed by atoms with E-state index in [-0.39, 0.29) is 29.4 Å². The second-order valence-corrected chi connectivity index (χ2v) is 7.34. The summed E-state index contributed by atoms with van der Waals surface area (Å²) in [6, 6.07) is 6.91. The second-order valence-electron chi connectivity index (χ2n) is 7.34. The highest BCUT2D eigenvalue weighted by Crippen LogP contribution is 2.33. The van der Waals surface area contributed by atoms with Gasteiger partial charge in [0.2, 0.25) is 5.91 Å². The number of piperidine rings is 1. The van der Waals surface area contributed by atoms with E-state index in [9.17, 15) is 26.7 Å². The van der Waals surface area contributed by atoms with Crippen molar-refractivity contribution >= 4 is 16.9 Å². The molecular formula is C21H18F5N3O. The number of carbonyl (C=O) groups is 1. The quantitative estimate of drug-likeness (QED) is 0.571. The largest absolute Gasteiger partial charge is 0.416 e. The number of halogens is 5. The fraction of sp³-hybridized carbons (Fsp3) is 0.333. The van der Waals surface area contributed by atoms with Crippen LogP contribution < -0.4 is 0 Å². The molecule has 0 atom stereocenters. The van der Waals surface area contributed by atoms with Crippen LogP contribution in [-0.2, 0) is 17.4 Å². The highest BCUT2D eigenvalue weighted by molar-refractivity contribution is 5.79. The van der Waals surface area contributed by atoms with Gasteiger partial charge in [-0.05, 0) is 43.2 Å². The molecule has 0 radical (unpaired) electrons. The lowest BCUT2D eigenvalue weighted by molar-refractivity contribution is -0.137. The number of fused-ring (bicyclic) bond motifs is 1. The molecule has 30 heavy (non-hydrogen) atoms. The van der Waals surface area contributed by atoms with Gasteiger partial charge in [0.1, 0.15) is 11.6 Å². The molecule has 0 unspecified atom stereocenters.